The number of carbonyl (C=O) groups excluding carboxylic acids is 2. The number of hydrogen-bond donors (Lipinski definition) is 3. The molecule has 0 aliphatic carbocycles. The lowest BCUT2D eigenvalue weighted by Gasteiger charge is -2.34. The van der Waals surface area contributed by atoms with E-state index < -0.39 is 17.7 Å². The number of esters is 1. The van der Waals surface area contributed by atoms with Gasteiger partial charge in [-0.15, -0.1) is 0 Å². The molecule has 0 radical (unpaired) electrons. The third-order valence-corrected chi connectivity index (χ3v) is 5.02. The molecule has 9 nitrogen and oxygen atoms in total. The van der Waals surface area contributed by atoms with Crippen LogP contribution in [0, 0.1) is 0 Å². The van der Waals surface area contributed by atoms with Crippen LogP contribution in [0.25, 0.3) is 0 Å². The van der Waals surface area contributed by atoms with Gasteiger partial charge in [0, 0.05) is 42.8 Å². The molecular formula is C23H31N5O4. The van der Waals surface area contributed by atoms with Crippen molar-refractivity contribution in [3.63, 3.8) is 0 Å². The first-order valence-corrected chi connectivity index (χ1v) is 10.8. The SMILES string of the molecule is CC(C)(C)OC(=O)[C@@H](O)CNC(=O)c1ccc(N2CCC(Nc3ncccn3)CC2)cc1. The van der Waals surface area contributed by atoms with E-state index in [-0.39, 0.29) is 12.5 Å². The highest BCUT2D eigenvalue weighted by atomic mass is 16.6. The third-order valence-electron chi connectivity index (χ3n) is 5.02. The molecule has 3 N–H and O–H groups in total. The van der Waals surface area contributed by atoms with Crippen LogP contribution in [0.15, 0.2) is 42.7 Å². The van der Waals surface area contributed by atoms with Crippen molar-refractivity contribution in [1.29, 1.82) is 0 Å². The van der Waals surface area contributed by atoms with Crippen molar-refractivity contribution >= 4 is 23.5 Å². The molecule has 172 valence electrons. The fraction of sp³-hybridized carbons (Fsp3) is 0.478. The van der Waals surface area contributed by atoms with Crippen LogP contribution in [0.5, 0.6) is 0 Å². The Bertz CT molecular complexity index is 891. The van der Waals surface area contributed by atoms with Gasteiger partial charge in [0.1, 0.15) is 5.60 Å². The molecule has 0 spiro atoms. The van der Waals surface area contributed by atoms with Crippen molar-refractivity contribution in [2.45, 2.75) is 51.4 Å². The van der Waals surface area contributed by atoms with Gasteiger partial charge in [0.15, 0.2) is 6.10 Å². The molecule has 1 aromatic heterocycles. The van der Waals surface area contributed by atoms with Gasteiger partial charge in [-0.25, -0.2) is 14.8 Å². The number of carbonyl (C=O) groups is 2. The number of amides is 1. The summed E-state index contributed by atoms with van der Waals surface area (Å²) in [5, 5.41) is 15.8. The predicted octanol–water partition coefficient (Wildman–Crippen LogP) is 1.99. The summed E-state index contributed by atoms with van der Waals surface area (Å²) in [6.45, 7) is 6.72. The van der Waals surface area contributed by atoms with E-state index in [1.54, 1.807) is 51.4 Å². The van der Waals surface area contributed by atoms with Crippen LogP contribution in [-0.2, 0) is 9.53 Å². The molecule has 2 heterocycles. The van der Waals surface area contributed by atoms with Gasteiger partial charge in [0.2, 0.25) is 5.95 Å². The highest BCUT2D eigenvalue weighted by Crippen LogP contribution is 2.22. The first-order valence-electron chi connectivity index (χ1n) is 10.8. The topological polar surface area (TPSA) is 117 Å². The molecule has 1 aliphatic heterocycles. The summed E-state index contributed by atoms with van der Waals surface area (Å²) in [5.74, 6) is -0.465. The van der Waals surface area contributed by atoms with Crippen molar-refractivity contribution in [1.82, 2.24) is 15.3 Å². The Kier molecular flexibility index (Phi) is 7.63. The van der Waals surface area contributed by atoms with Crippen LogP contribution in [0.1, 0.15) is 44.0 Å². The summed E-state index contributed by atoms with van der Waals surface area (Å²) >= 11 is 0. The minimum atomic E-state index is -1.41. The molecule has 1 amide bonds. The molecule has 9 heteroatoms. The van der Waals surface area contributed by atoms with Gasteiger partial charge in [-0.3, -0.25) is 4.79 Å². The van der Waals surface area contributed by atoms with Crippen molar-refractivity contribution in [3.8, 4) is 0 Å². The van der Waals surface area contributed by atoms with Crippen molar-refractivity contribution in [2.75, 3.05) is 29.9 Å². The zero-order chi connectivity index (χ0) is 23.1. The fourth-order valence-corrected chi connectivity index (χ4v) is 3.41. The van der Waals surface area contributed by atoms with Gasteiger partial charge >= 0.3 is 5.97 Å². The highest BCUT2D eigenvalue weighted by molar-refractivity contribution is 5.94. The average molecular weight is 442 g/mol. The number of piperidine rings is 1. The predicted molar refractivity (Wildman–Crippen MR) is 122 cm³/mol. The first-order chi connectivity index (χ1) is 15.2. The first kappa shape index (κ1) is 23.5. The quantitative estimate of drug-likeness (QED) is 0.559. The largest absolute Gasteiger partial charge is 0.458 e. The summed E-state index contributed by atoms with van der Waals surface area (Å²) in [7, 11) is 0. The molecule has 0 bridgehead atoms. The van der Waals surface area contributed by atoms with E-state index in [1.165, 1.54) is 0 Å². The van der Waals surface area contributed by atoms with Gasteiger partial charge in [-0.05, 0) is 63.9 Å². The monoisotopic (exact) mass is 441 g/mol. The molecule has 1 aromatic carbocycles. The lowest BCUT2D eigenvalue weighted by Crippen LogP contribution is -2.40. The molecule has 2 aromatic rings. The molecule has 1 fully saturated rings. The third kappa shape index (κ3) is 6.91. The minimum absolute atomic E-state index is 0.207. The Morgan fingerprint density at radius 1 is 1.16 bits per heavy atom. The Labute approximate surface area is 188 Å². The Balaban J connectivity index is 1.45. The number of aromatic nitrogens is 2. The number of nitrogens with zero attached hydrogens (tertiary/aromatic N) is 3. The second-order valence-corrected chi connectivity index (χ2v) is 8.78. The summed E-state index contributed by atoms with van der Waals surface area (Å²) in [4.78, 5) is 34.9. The smallest absolute Gasteiger partial charge is 0.337 e. The van der Waals surface area contributed by atoms with Crippen LogP contribution >= 0.6 is 0 Å². The highest BCUT2D eigenvalue weighted by Gasteiger charge is 2.24. The van der Waals surface area contributed by atoms with Crippen LogP contribution in [0.2, 0.25) is 0 Å². The van der Waals surface area contributed by atoms with E-state index in [0.717, 1.165) is 31.6 Å². The Morgan fingerprint density at radius 2 is 1.78 bits per heavy atom. The lowest BCUT2D eigenvalue weighted by atomic mass is 10.0. The number of benzene rings is 1. The van der Waals surface area contributed by atoms with E-state index in [4.69, 9.17) is 4.74 Å². The summed E-state index contributed by atoms with van der Waals surface area (Å²) in [5.41, 5.74) is 0.810. The number of rotatable bonds is 7. The maximum Gasteiger partial charge on any atom is 0.337 e. The summed E-state index contributed by atoms with van der Waals surface area (Å²) < 4.78 is 5.10. The van der Waals surface area contributed by atoms with E-state index >= 15 is 0 Å². The van der Waals surface area contributed by atoms with Crippen molar-refractivity contribution in [3.05, 3.63) is 48.3 Å². The van der Waals surface area contributed by atoms with E-state index in [1.807, 2.05) is 12.1 Å². The minimum Gasteiger partial charge on any atom is -0.458 e. The van der Waals surface area contributed by atoms with E-state index in [9.17, 15) is 14.7 Å². The number of nitrogens with one attached hydrogen (secondary N) is 2. The number of anilines is 2. The zero-order valence-electron chi connectivity index (χ0n) is 18.7. The van der Waals surface area contributed by atoms with Gasteiger partial charge in [-0.2, -0.15) is 0 Å². The molecule has 0 saturated carbocycles. The van der Waals surface area contributed by atoms with Crippen LogP contribution in [-0.4, -0.2) is 64.3 Å². The average Bonchev–Trinajstić information content (AvgIpc) is 2.77. The van der Waals surface area contributed by atoms with Crippen LogP contribution in [0.4, 0.5) is 11.6 Å². The molecule has 3 rings (SSSR count). The zero-order valence-corrected chi connectivity index (χ0v) is 18.7. The van der Waals surface area contributed by atoms with Crippen molar-refractivity contribution in [2.24, 2.45) is 0 Å². The maximum absolute atomic E-state index is 12.4. The van der Waals surface area contributed by atoms with Gasteiger partial charge in [-0.1, -0.05) is 0 Å². The molecule has 0 unspecified atom stereocenters. The van der Waals surface area contributed by atoms with Crippen molar-refractivity contribution < 1.29 is 19.4 Å². The molecular weight excluding hydrogens is 410 g/mol. The second kappa shape index (κ2) is 10.4. The Morgan fingerprint density at radius 3 is 2.38 bits per heavy atom. The van der Waals surface area contributed by atoms with E-state index in [0.29, 0.717) is 17.6 Å². The van der Waals surface area contributed by atoms with E-state index in [2.05, 4.69) is 25.5 Å². The number of aliphatic hydroxyl groups excluding tert-OH is 1. The molecule has 1 atom stereocenters. The van der Waals surface area contributed by atoms with Gasteiger partial charge in [0.05, 0.1) is 6.54 Å². The second-order valence-electron chi connectivity index (χ2n) is 8.78. The maximum atomic E-state index is 12.4. The number of aliphatic hydroxyl groups is 1. The van der Waals surface area contributed by atoms with Gasteiger partial charge < -0.3 is 25.4 Å². The lowest BCUT2D eigenvalue weighted by molar-refractivity contribution is -0.164. The normalized spacial score (nSPS) is 15.7. The molecule has 1 aliphatic rings. The fourth-order valence-electron chi connectivity index (χ4n) is 3.41. The van der Waals surface area contributed by atoms with Crippen LogP contribution in [0.3, 0.4) is 0 Å². The number of ether oxygens (including phenoxy) is 1. The summed E-state index contributed by atoms with van der Waals surface area (Å²) in [6, 6.07) is 9.43. The standard InChI is InChI=1S/C23H31N5O4/c1-23(2,3)32-21(31)19(29)15-26-20(30)16-5-7-18(8-6-16)28-13-9-17(10-14-28)27-22-24-11-4-12-25-22/h4-8,11-12,17,19,29H,9-10,13-15H2,1-3H3,(H,26,30)(H,24,25,27)/t19-/m0/s1. The Hall–Kier alpha value is -3.20. The van der Waals surface area contributed by atoms with Crippen LogP contribution < -0.4 is 15.5 Å². The van der Waals surface area contributed by atoms with Gasteiger partial charge in [0.25, 0.3) is 5.91 Å². The molecule has 32 heavy (non-hydrogen) atoms. The number of hydrogen-bond acceptors (Lipinski definition) is 8. The molecule has 1 saturated heterocycles. The summed E-state index contributed by atoms with van der Waals surface area (Å²) in [6.07, 6.45) is 3.96.